The molecule has 0 unspecified atom stereocenters. The molecule has 2 aromatic carbocycles. The summed E-state index contributed by atoms with van der Waals surface area (Å²) in [6.45, 7) is 4.66. The predicted octanol–water partition coefficient (Wildman–Crippen LogP) is 3.18. The Labute approximate surface area is 180 Å². The van der Waals surface area contributed by atoms with Crippen molar-refractivity contribution < 1.29 is 38.8 Å². The molecule has 0 saturated heterocycles. The van der Waals surface area contributed by atoms with Gasteiger partial charge in [-0.3, -0.25) is 4.79 Å². The third-order valence-electron chi connectivity index (χ3n) is 3.92. The number of aliphatic hydroxyl groups excluding tert-OH is 1. The van der Waals surface area contributed by atoms with Gasteiger partial charge in [0.1, 0.15) is 6.61 Å². The number of nitrogens with one attached hydrogen (secondary N) is 1. The van der Waals surface area contributed by atoms with Crippen molar-refractivity contribution in [3.63, 3.8) is 0 Å². The first-order chi connectivity index (χ1) is 14.9. The normalized spacial score (nSPS) is 10.1. The van der Waals surface area contributed by atoms with Gasteiger partial charge in [-0.2, -0.15) is 0 Å². The molecule has 0 aromatic heterocycles. The van der Waals surface area contributed by atoms with Crippen LogP contribution in [-0.4, -0.2) is 53.6 Å². The molecule has 0 aliphatic heterocycles. The third-order valence-corrected chi connectivity index (χ3v) is 3.92. The van der Waals surface area contributed by atoms with Crippen LogP contribution in [0, 0.1) is 5.82 Å². The van der Waals surface area contributed by atoms with E-state index >= 15 is 0 Å². The number of aliphatic hydroxyl groups is 1. The summed E-state index contributed by atoms with van der Waals surface area (Å²) in [6, 6.07) is 8.47. The SMILES string of the molecule is CC.O=C(O)Cc1ccc(F)c(OCCOCCNc2ccc(C(=O)O)c(CO)c2)c1. The van der Waals surface area contributed by atoms with Gasteiger partial charge in [-0.05, 0) is 41.5 Å². The lowest BCUT2D eigenvalue weighted by atomic mass is 10.1. The van der Waals surface area contributed by atoms with Crippen molar-refractivity contribution >= 4 is 17.6 Å². The van der Waals surface area contributed by atoms with Crippen molar-refractivity contribution in [2.75, 3.05) is 31.7 Å². The molecule has 170 valence electrons. The van der Waals surface area contributed by atoms with E-state index in [1.807, 2.05) is 13.8 Å². The lowest BCUT2D eigenvalue weighted by Gasteiger charge is -2.11. The second kappa shape index (κ2) is 13.9. The number of halogens is 1. The molecule has 0 radical (unpaired) electrons. The number of hydrogen-bond acceptors (Lipinski definition) is 6. The summed E-state index contributed by atoms with van der Waals surface area (Å²) in [5.41, 5.74) is 1.45. The molecule has 0 fully saturated rings. The molecule has 0 spiro atoms. The molecule has 0 saturated carbocycles. The Morgan fingerprint density at radius 2 is 1.77 bits per heavy atom. The van der Waals surface area contributed by atoms with Gasteiger partial charge in [0.25, 0.3) is 0 Å². The molecular weight excluding hydrogens is 409 g/mol. The Morgan fingerprint density at radius 3 is 2.42 bits per heavy atom. The highest BCUT2D eigenvalue weighted by atomic mass is 19.1. The van der Waals surface area contributed by atoms with Gasteiger partial charge in [0.15, 0.2) is 11.6 Å². The van der Waals surface area contributed by atoms with Crippen LogP contribution in [0.25, 0.3) is 0 Å². The van der Waals surface area contributed by atoms with E-state index in [4.69, 9.17) is 19.7 Å². The molecule has 2 rings (SSSR count). The minimum absolute atomic E-state index is 0.0273. The Balaban J connectivity index is 0.00000233. The summed E-state index contributed by atoms with van der Waals surface area (Å²) in [5.74, 6) is -2.72. The number of rotatable bonds is 12. The van der Waals surface area contributed by atoms with Crippen LogP contribution < -0.4 is 10.1 Å². The van der Waals surface area contributed by atoms with E-state index in [1.54, 1.807) is 12.1 Å². The number of aliphatic carboxylic acids is 1. The van der Waals surface area contributed by atoms with E-state index in [2.05, 4.69) is 5.32 Å². The van der Waals surface area contributed by atoms with Gasteiger partial charge in [-0.25, -0.2) is 9.18 Å². The lowest BCUT2D eigenvalue weighted by molar-refractivity contribution is -0.136. The quantitative estimate of drug-likeness (QED) is 0.373. The fraction of sp³-hybridized carbons (Fsp3) is 0.364. The maximum absolute atomic E-state index is 13.7. The maximum Gasteiger partial charge on any atom is 0.336 e. The second-order valence-electron chi connectivity index (χ2n) is 6.06. The lowest BCUT2D eigenvalue weighted by Crippen LogP contribution is -2.14. The van der Waals surface area contributed by atoms with Crippen LogP contribution in [0.5, 0.6) is 5.75 Å². The highest BCUT2D eigenvalue weighted by molar-refractivity contribution is 5.90. The number of anilines is 1. The van der Waals surface area contributed by atoms with E-state index in [-0.39, 0.29) is 37.6 Å². The van der Waals surface area contributed by atoms with E-state index in [0.29, 0.717) is 30.0 Å². The highest BCUT2D eigenvalue weighted by Crippen LogP contribution is 2.19. The number of ether oxygens (including phenoxy) is 2. The molecule has 0 heterocycles. The minimum atomic E-state index is -1.10. The minimum Gasteiger partial charge on any atom is -0.488 e. The molecule has 0 amide bonds. The molecule has 4 N–H and O–H groups in total. The van der Waals surface area contributed by atoms with Crippen LogP contribution in [0.3, 0.4) is 0 Å². The molecule has 31 heavy (non-hydrogen) atoms. The van der Waals surface area contributed by atoms with E-state index in [0.717, 1.165) is 6.07 Å². The molecule has 8 nitrogen and oxygen atoms in total. The molecule has 0 aliphatic rings. The number of benzene rings is 2. The van der Waals surface area contributed by atoms with E-state index in [9.17, 15) is 19.1 Å². The Kier molecular flexibility index (Phi) is 11.6. The average molecular weight is 437 g/mol. The van der Waals surface area contributed by atoms with Crippen LogP contribution >= 0.6 is 0 Å². The largest absolute Gasteiger partial charge is 0.488 e. The zero-order valence-electron chi connectivity index (χ0n) is 17.6. The number of hydrogen-bond donors (Lipinski definition) is 4. The van der Waals surface area contributed by atoms with Crippen LogP contribution in [-0.2, 0) is 22.6 Å². The van der Waals surface area contributed by atoms with Gasteiger partial charge in [-0.15, -0.1) is 0 Å². The summed E-state index contributed by atoms with van der Waals surface area (Å²) in [5, 5.41) is 30.1. The smallest absolute Gasteiger partial charge is 0.336 e. The van der Waals surface area contributed by atoms with Gasteiger partial charge in [-0.1, -0.05) is 19.9 Å². The second-order valence-corrected chi connectivity index (χ2v) is 6.06. The summed E-state index contributed by atoms with van der Waals surface area (Å²) in [7, 11) is 0. The van der Waals surface area contributed by atoms with Gasteiger partial charge in [0.2, 0.25) is 0 Å². The zero-order valence-corrected chi connectivity index (χ0v) is 17.6. The van der Waals surface area contributed by atoms with Crippen LogP contribution in [0.1, 0.15) is 35.3 Å². The van der Waals surface area contributed by atoms with Gasteiger partial charge < -0.3 is 30.1 Å². The zero-order chi connectivity index (χ0) is 23.2. The van der Waals surface area contributed by atoms with Crippen molar-refractivity contribution in [2.45, 2.75) is 26.9 Å². The molecule has 0 atom stereocenters. The number of aromatic carboxylic acids is 1. The fourth-order valence-corrected chi connectivity index (χ4v) is 2.57. The third kappa shape index (κ3) is 9.02. The standard InChI is InChI=1S/C20H22FNO7.C2H6/c21-17-4-1-13(10-19(24)25)9-18(17)29-8-7-28-6-5-22-15-2-3-16(20(26)27)14(11-15)12-23;1-2/h1-4,9,11,22-23H,5-8,10,12H2,(H,24,25)(H,26,27);1-2H3. The first-order valence-electron chi connectivity index (χ1n) is 9.82. The van der Waals surface area contributed by atoms with Gasteiger partial charge in [0.05, 0.1) is 31.8 Å². The summed E-state index contributed by atoms with van der Waals surface area (Å²) in [6.07, 6.45) is -0.218. The van der Waals surface area contributed by atoms with Gasteiger partial charge in [0, 0.05) is 12.2 Å². The maximum atomic E-state index is 13.7. The molecule has 0 bridgehead atoms. The number of carbonyl (C=O) groups is 2. The van der Waals surface area contributed by atoms with Crippen molar-refractivity contribution in [3.8, 4) is 5.75 Å². The Bertz CT molecular complexity index is 858. The molecule has 2 aromatic rings. The van der Waals surface area contributed by atoms with E-state index < -0.39 is 17.8 Å². The topological polar surface area (TPSA) is 125 Å². The van der Waals surface area contributed by atoms with E-state index in [1.165, 1.54) is 18.2 Å². The molecular formula is C22H28FNO7. The Morgan fingerprint density at radius 1 is 1.03 bits per heavy atom. The van der Waals surface area contributed by atoms with Crippen molar-refractivity contribution in [1.29, 1.82) is 0 Å². The summed E-state index contributed by atoms with van der Waals surface area (Å²) < 4.78 is 24.4. The van der Waals surface area contributed by atoms with Crippen LogP contribution in [0.4, 0.5) is 10.1 Å². The van der Waals surface area contributed by atoms with Crippen molar-refractivity contribution in [2.24, 2.45) is 0 Å². The van der Waals surface area contributed by atoms with Crippen LogP contribution in [0.2, 0.25) is 0 Å². The molecule has 0 aliphatic carbocycles. The monoisotopic (exact) mass is 437 g/mol. The van der Waals surface area contributed by atoms with Crippen LogP contribution in [0.15, 0.2) is 36.4 Å². The first kappa shape index (κ1) is 25.9. The van der Waals surface area contributed by atoms with Crippen molar-refractivity contribution in [3.05, 3.63) is 58.9 Å². The van der Waals surface area contributed by atoms with Crippen molar-refractivity contribution in [1.82, 2.24) is 0 Å². The average Bonchev–Trinajstić information content (AvgIpc) is 2.75. The summed E-state index contributed by atoms with van der Waals surface area (Å²) in [4.78, 5) is 21.7. The summed E-state index contributed by atoms with van der Waals surface area (Å²) >= 11 is 0. The van der Waals surface area contributed by atoms with Gasteiger partial charge >= 0.3 is 11.9 Å². The highest BCUT2D eigenvalue weighted by Gasteiger charge is 2.10. The predicted molar refractivity (Wildman–Crippen MR) is 113 cm³/mol. The first-order valence-corrected chi connectivity index (χ1v) is 9.82. The number of carboxylic acid groups (broad SMARTS) is 2. The number of carboxylic acids is 2. The molecule has 9 heteroatoms. The fourth-order valence-electron chi connectivity index (χ4n) is 2.57. The Hall–Kier alpha value is -3.17.